The van der Waals surface area contributed by atoms with Crippen molar-refractivity contribution in [3.8, 4) is 11.3 Å². The Bertz CT molecular complexity index is 687. The molecule has 0 unspecified atom stereocenters. The van der Waals surface area contributed by atoms with Crippen LogP contribution in [0.25, 0.3) is 11.3 Å². The number of carbonyl (C=O) groups excluding carboxylic acids is 1. The molecule has 0 amide bonds. The largest absolute Gasteiger partial charge is 0.466 e. The molecule has 0 aliphatic rings. The quantitative estimate of drug-likeness (QED) is 0.481. The molecular formula is C13H11FN2O4S. The number of nitrogens with zero attached hydrogens (tertiary/aromatic N) is 2. The van der Waals surface area contributed by atoms with Crippen molar-refractivity contribution in [2.45, 2.75) is 13.3 Å². The van der Waals surface area contributed by atoms with Crippen LogP contribution in [0.5, 0.6) is 0 Å². The topological polar surface area (TPSA) is 82.3 Å². The Labute approximate surface area is 123 Å². The first-order valence-corrected chi connectivity index (χ1v) is 6.93. The molecule has 0 saturated carbocycles. The third-order valence-corrected chi connectivity index (χ3v) is 3.44. The zero-order valence-corrected chi connectivity index (χ0v) is 11.9. The second-order valence-electron chi connectivity index (χ2n) is 4.03. The van der Waals surface area contributed by atoms with Gasteiger partial charge in [0.1, 0.15) is 5.01 Å². The predicted molar refractivity (Wildman–Crippen MR) is 74.5 cm³/mol. The minimum Gasteiger partial charge on any atom is -0.466 e. The number of nitro groups is 1. The summed E-state index contributed by atoms with van der Waals surface area (Å²) in [4.78, 5) is 25.5. The van der Waals surface area contributed by atoms with E-state index < -0.39 is 16.4 Å². The van der Waals surface area contributed by atoms with Gasteiger partial charge < -0.3 is 4.74 Å². The number of ether oxygens (including phenoxy) is 1. The molecule has 0 bridgehead atoms. The van der Waals surface area contributed by atoms with Crippen LogP contribution >= 0.6 is 11.3 Å². The highest BCUT2D eigenvalue weighted by atomic mass is 32.1. The van der Waals surface area contributed by atoms with Crippen molar-refractivity contribution in [3.05, 3.63) is 44.5 Å². The molecule has 0 N–H and O–H groups in total. The van der Waals surface area contributed by atoms with Crippen molar-refractivity contribution in [2.75, 3.05) is 6.61 Å². The highest BCUT2D eigenvalue weighted by Gasteiger charge is 2.16. The molecule has 21 heavy (non-hydrogen) atoms. The number of thiazole rings is 1. The van der Waals surface area contributed by atoms with E-state index in [-0.39, 0.29) is 12.4 Å². The van der Waals surface area contributed by atoms with E-state index in [1.807, 2.05) is 0 Å². The van der Waals surface area contributed by atoms with Crippen LogP contribution in [0.3, 0.4) is 0 Å². The molecule has 8 heteroatoms. The Morgan fingerprint density at radius 2 is 2.29 bits per heavy atom. The molecule has 0 radical (unpaired) electrons. The fourth-order valence-electron chi connectivity index (χ4n) is 1.67. The van der Waals surface area contributed by atoms with Crippen LogP contribution in [-0.2, 0) is 16.0 Å². The highest BCUT2D eigenvalue weighted by Crippen LogP contribution is 2.27. The zero-order valence-electron chi connectivity index (χ0n) is 11.0. The maximum atomic E-state index is 13.3. The van der Waals surface area contributed by atoms with Crippen molar-refractivity contribution in [2.24, 2.45) is 0 Å². The van der Waals surface area contributed by atoms with Gasteiger partial charge in [0.2, 0.25) is 5.82 Å². The van der Waals surface area contributed by atoms with E-state index in [1.54, 1.807) is 12.3 Å². The summed E-state index contributed by atoms with van der Waals surface area (Å²) in [6.07, 6.45) is 0.0434. The Balaban J connectivity index is 2.23. The van der Waals surface area contributed by atoms with Gasteiger partial charge in [-0.25, -0.2) is 4.98 Å². The van der Waals surface area contributed by atoms with Gasteiger partial charge in [-0.1, -0.05) is 0 Å². The van der Waals surface area contributed by atoms with Crippen molar-refractivity contribution in [1.29, 1.82) is 0 Å². The molecule has 1 heterocycles. The highest BCUT2D eigenvalue weighted by molar-refractivity contribution is 7.10. The van der Waals surface area contributed by atoms with Gasteiger partial charge in [0.05, 0.1) is 23.6 Å². The number of esters is 1. The number of nitro benzene ring substituents is 1. The molecule has 0 spiro atoms. The molecule has 0 aliphatic heterocycles. The van der Waals surface area contributed by atoms with Crippen molar-refractivity contribution < 1.29 is 18.8 Å². The summed E-state index contributed by atoms with van der Waals surface area (Å²) < 4.78 is 18.1. The lowest BCUT2D eigenvalue weighted by molar-refractivity contribution is -0.387. The SMILES string of the molecule is CCOC(=O)Cc1nc(-c2ccc(F)c([N+](=O)[O-])c2)cs1. The first-order chi connectivity index (χ1) is 10.0. The molecule has 0 fully saturated rings. The van der Waals surface area contributed by atoms with Crippen LogP contribution in [0.1, 0.15) is 11.9 Å². The molecule has 0 aliphatic carbocycles. The van der Waals surface area contributed by atoms with E-state index in [2.05, 4.69) is 4.98 Å². The minimum atomic E-state index is -0.897. The standard InChI is InChI=1S/C13H11FN2O4S/c1-2-20-13(17)6-12-15-10(7-21-12)8-3-4-9(14)11(5-8)16(18)19/h3-5,7H,2,6H2,1H3. The molecule has 110 valence electrons. The van der Waals surface area contributed by atoms with Crippen LogP contribution in [0.15, 0.2) is 23.6 Å². The number of halogens is 1. The summed E-state index contributed by atoms with van der Waals surface area (Å²) in [5.41, 5.74) is 0.282. The lowest BCUT2D eigenvalue weighted by Gasteiger charge is -1.99. The summed E-state index contributed by atoms with van der Waals surface area (Å²) in [5.74, 6) is -1.28. The monoisotopic (exact) mass is 310 g/mol. The van der Waals surface area contributed by atoms with E-state index in [9.17, 15) is 19.3 Å². The van der Waals surface area contributed by atoms with Gasteiger partial charge in [-0.2, -0.15) is 4.39 Å². The maximum Gasteiger partial charge on any atom is 0.312 e. The van der Waals surface area contributed by atoms with Gasteiger partial charge in [-0.15, -0.1) is 11.3 Å². The van der Waals surface area contributed by atoms with Crippen molar-refractivity contribution in [1.82, 2.24) is 4.98 Å². The van der Waals surface area contributed by atoms with Gasteiger partial charge in [0.15, 0.2) is 0 Å². The number of hydrogen-bond acceptors (Lipinski definition) is 6. The van der Waals surface area contributed by atoms with E-state index >= 15 is 0 Å². The van der Waals surface area contributed by atoms with Crippen LogP contribution in [0, 0.1) is 15.9 Å². The first-order valence-electron chi connectivity index (χ1n) is 6.05. The average molecular weight is 310 g/mol. The van der Waals surface area contributed by atoms with Crippen LogP contribution < -0.4 is 0 Å². The molecular weight excluding hydrogens is 299 g/mol. The summed E-state index contributed by atoms with van der Waals surface area (Å²) in [5, 5.41) is 12.9. The van der Waals surface area contributed by atoms with Crippen molar-refractivity contribution >= 4 is 23.0 Å². The van der Waals surface area contributed by atoms with E-state index in [4.69, 9.17) is 4.74 Å². The molecule has 0 atom stereocenters. The summed E-state index contributed by atoms with van der Waals surface area (Å²) in [6.45, 7) is 2.00. The Morgan fingerprint density at radius 3 is 2.95 bits per heavy atom. The normalized spacial score (nSPS) is 10.4. The second-order valence-corrected chi connectivity index (χ2v) is 4.97. The lowest BCUT2D eigenvalue weighted by Crippen LogP contribution is -2.07. The molecule has 2 aromatic rings. The number of benzene rings is 1. The van der Waals surface area contributed by atoms with E-state index in [0.29, 0.717) is 22.9 Å². The summed E-state index contributed by atoms with van der Waals surface area (Å²) in [7, 11) is 0. The van der Waals surface area contributed by atoms with Crippen LogP contribution in [0.2, 0.25) is 0 Å². The summed E-state index contributed by atoms with van der Waals surface area (Å²) >= 11 is 1.24. The lowest BCUT2D eigenvalue weighted by atomic mass is 10.1. The van der Waals surface area contributed by atoms with E-state index in [0.717, 1.165) is 12.1 Å². The van der Waals surface area contributed by atoms with Crippen LogP contribution in [-0.4, -0.2) is 22.5 Å². The molecule has 0 saturated heterocycles. The smallest absolute Gasteiger partial charge is 0.312 e. The van der Waals surface area contributed by atoms with Gasteiger partial charge in [-0.3, -0.25) is 14.9 Å². The number of rotatable bonds is 5. The van der Waals surface area contributed by atoms with Gasteiger partial charge in [0.25, 0.3) is 0 Å². The van der Waals surface area contributed by atoms with Gasteiger partial charge in [-0.05, 0) is 19.1 Å². The fraction of sp³-hybridized carbons (Fsp3) is 0.231. The molecule has 6 nitrogen and oxygen atoms in total. The third-order valence-electron chi connectivity index (χ3n) is 2.59. The fourth-order valence-corrected chi connectivity index (χ4v) is 2.46. The average Bonchev–Trinajstić information content (AvgIpc) is 2.87. The number of carbonyl (C=O) groups is 1. The Kier molecular flexibility index (Phi) is 4.59. The Morgan fingerprint density at radius 1 is 1.52 bits per heavy atom. The Hall–Kier alpha value is -2.35. The first kappa shape index (κ1) is 15.0. The maximum absolute atomic E-state index is 13.3. The van der Waals surface area contributed by atoms with Crippen molar-refractivity contribution in [3.63, 3.8) is 0 Å². The number of aromatic nitrogens is 1. The third kappa shape index (κ3) is 3.60. The second kappa shape index (κ2) is 6.40. The van der Waals surface area contributed by atoms with Gasteiger partial charge in [0, 0.05) is 17.0 Å². The van der Waals surface area contributed by atoms with E-state index in [1.165, 1.54) is 17.4 Å². The van der Waals surface area contributed by atoms with Crippen LogP contribution in [0.4, 0.5) is 10.1 Å². The summed E-state index contributed by atoms with van der Waals surface area (Å²) in [6, 6.07) is 3.56. The predicted octanol–water partition coefficient (Wildman–Crippen LogP) is 2.96. The minimum absolute atomic E-state index is 0.0434. The zero-order chi connectivity index (χ0) is 15.4. The van der Waals surface area contributed by atoms with Gasteiger partial charge >= 0.3 is 11.7 Å². The molecule has 1 aromatic carbocycles. The number of hydrogen-bond donors (Lipinski definition) is 0. The molecule has 2 rings (SSSR count). The molecule has 1 aromatic heterocycles.